The minimum absolute atomic E-state index is 0.0221. The van der Waals surface area contributed by atoms with Gasteiger partial charge in [-0.05, 0) is 26.7 Å². The number of hydroxylamine groups is 1. The molecular formula is C21H29N5O9S. The molecule has 0 aliphatic carbocycles. The standard InChI is InChI=1S/C21H29N5O9S/c1-11(2)6-32-17(29)21(9-31-10-21)35-25-14(16(28)22-12-7-33-26-15(12)27)13-8-36-18(23-13)24-19(30)34-20(3,4)5/h8,11-12H,6-7,9-10H2,1-5H3,(H,22,28)(H,26,27)(H,23,24,30)/b25-14-/t12-/m0/s1. The van der Waals surface area contributed by atoms with E-state index < -0.39 is 41.1 Å². The van der Waals surface area contributed by atoms with Crippen LogP contribution in [0.2, 0.25) is 0 Å². The topological polar surface area (TPSA) is 176 Å². The van der Waals surface area contributed by atoms with E-state index in [-0.39, 0.29) is 48.9 Å². The molecule has 0 saturated carbocycles. The van der Waals surface area contributed by atoms with Gasteiger partial charge in [0.25, 0.3) is 17.4 Å². The van der Waals surface area contributed by atoms with Gasteiger partial charge >= 0.3 is 12.1 Å². The Morgan fingerprint density at radius 1 is 1.33 bits per heavy atom. The SMILES string of the molecule is CC(C)COC(=O)C1(O/N=C(\C(=O)N[C@H]2CONC2=O)c2csc(NC(=O)OC(C)(C)C)n2)COC1. The second kappa shape index (κ2) is 11.2. The Balaban J connectivity index is 1.81. The zero-order valence-electron chi connectivity index (χ0n) is 20.5. The number of amides is 3. The number of anilines is 1. The molecule has 1 aromatic heterocycles. The maximum Gasteiger partial charge on any atom is 0.413 e. The second-order valence-corrected chi connectivity index (χ2v) is 10.3. The Bertz CT molecular complexity index is 1030. The van der Waals surface area contributed by atoms with Crippen LogP contribution in [0.1, 0.15) is 40.3 Å². The molecule has 1 atom stereocenters. The van der Waals surface area contributed by atoms with Crippen LogP contribution in [0.15, 0.2) is 10.5 Å². The number of carbonyl (C=O) groups excluding carboxylic acids is 4. The van der Waals surface area contributed by atoms with Crippen molar-refractivity contribution in [2.45, 2.75) is 51.9 Å². The molecule has 3 amide bonds. The van der Waals surface area contributed by atoms with Gasteiger partial charge in [-0.25, -0.2) is 20.1 Å². The number of nitrogens with zero attached hydrogens (tertiary/aromatic N) is 2. The van der Waals surface area contributed by atoms with Crippen molar-refractivity contribution in [3.05, 3.63) is 11.1 Å². The van der Waals surface area contributed by atoms with Crippen molar-refractivity contribution in [2.24, 2.45) is 11.1 Å². The van der Waals surface area contributed by atoms with E-state index in [2.05, 4.69) is 26.3 Å². The highest BCUT2D eigenvalue weighted by Gasteiger charge is 2.51. The van der Waals surface area contributed by atoms with Gasteiger partial charge < -0.3 is 24.4 Å². The highest BCUT2D eigenvalue weighted by atomic mass is 32.1. The van der Waals surface area contributed by atoms with Crippen molar-refractivity contribution < 1.29 is 43.1 Å². The summed E-state index contributed by atoms with van der Waals surface area (Å²) in [6.07, 6.45) is -0.735. The number of carbonyl (C=O) groups is 4. The molecular weight excluding hydrogens is 498 g/mol. The average Bonchev–Trinajstić information content (AvgIpc) is 3.35. The fourth-order valence-electron chi connectivity index (χ4n) is 2.71. The fraction of sp³-hybridized carbons (Fsp3) is 0.619. The first-order chi connectivity index (χ1) is 16.9. The van der Waals surface area contributed by atoms with Gasteiger partial charge in [0, 0.05) is 5.38 Å². The third-order valence-corrected chi connectivity index (χ3v) is 5.27. The van der Waals surface area contributed by atoms with Crippen molar-refractivity contribution >= 4 is 46.1 Å². The number of hydrogen-bond donors (Lipinski definition) is 3. The lowest BCUT2D eigenvalue weighted by Crippen LogP contribution is -2.58. The van der Waals surface area contributed by atoms with Crippen LogP contribution in [0, 0.1) is 5.92 Å². The molecule has 0 aromatic carbocycles. The molecule has 198 valence electrons. The first kappa shape index (κ1) is 27.3. The summed E-state index contributed by atoms with van der Waals surface area (Å²) in [5.74, 6) is -1.95. The maximum atomic E-state index is 13.0. The Kier molecular flexibility index (Phi) is 8.47. The number of hydrogen-bond acceptors (Lipinski definition) is 12. The second-order valence-electron chi connectivity index (χ2n) is 9.48. The third kappa shape index (κ3) is 7.11. The minimum Gasteiger partial charge on any atom is -0.462 e. The van der Waals surface area contributed by atoms with Gasteiger partial charge in [0.05, 0.1) is 6.61 Å². The van der Waals surface area contributed by atoms with Crippen LogP contribution in [0.25, 0.3) is 0 Å². The van der Waals surface area contributed by atoms with E-state index in [0.29, 0.717) is 0 Å². The predicted octanol–water partition coefficient (Wildman–Crippen LogP) is 0.725. The van der Waals surface area contributed by atoms with Crippen molar-refractivity contribution in [1.82, 2.24) is 15.8 Å². The molecule has 2 aliphatic rings. The molecule has 36 heavy (non-hydrogen) atoms. The first-order valence-electron chi connectivity index (χ1n) is 11.1. The molecule has 0 unspecified atom stereocenters. The van der Waals surface area contributed by atoms with Crippen LogP contribution < -0.4 is 16.1 Å². The summed E-state index contributed by atoms with van der Waals surface area (Å²) in [7, 11) is 0. The summed E-state index contributed by atoms with van der Waals surface area (Å²) in [4.78, 5) is 64.0. The number of aromatic nitrogens is 1. The maximum absolute atomic E-state index is 13.0. The van der Waals surface area contributed by atoms with Gasteiger partial charge in [-0.2, -0.15) is 0 Å². The Labute approximate surface area is 211 Å². The van der Waals surface area contributed by atoms with E-state index in [0.717, 1.165) is 11.3 Å². The van der Waals surface area contributed by atoms with Gasteiger partial charge in [0.2, 0.25) is 0 Å². The summed E-state index contributed by atoms with van der Waals surface area (Å²) in [6.45, 7) is 8.72. The average molecular weight is 528 g/mol. The number of thiazole rings is 1. The molecule has 14 nitrogen and oxygen atoms in total. The highest BCUT2D eigenvalue weighted by Crippen LogP contribution is 2.25. The lowest BCUT2D eigenvalue weighted by Gasteiger charge is -2.36. The largest absolute Gasteiger partial charge is 0.462 e. The molecule has 3 rings (SSSR count). The van der Waals surface area contributed by atoms with Crippen LogP contribution in [-0.4, -0.2) is 78.2 Å². The molecule has 3 N–H and O–H groups in total. The third-order valence-electron chi connectivity index (χ3n) is 4.52. The van der Waals surface area contributed by atoms with E-state index in [1.807, 2.05) is 13.8 Å². The lowest BCUT2D eigenvalue weighted by atomic mass is 10.0. The fourth-order valence-corrected chi connectivity index (χ4v) is 3.40. The number of nitrogens with one attached hydrogen (secondary N) is 3. The van der Waals surface area contributed by atoms with Crippen molar-refractivity contribution in [3.63, 3.8) is 0 Å². The van der Waals surface area contributed by atoms with Gasteiger partial charge in [0.15, 0.2) is 10.8 Å². The molecule has 2 aliphatic heterocycles. The smallest absolute Gasteiger partial charge is 0.413 e. The highest BCUT2D eigenvalue weighted by molar-refractivity contribution is 7.14. The van der Waals surface area contributed by atoms with Crippen LogP contribution in [0.4, 0.5) is 9.93 Å². The van der Waals surface area contributed by atoms with Crippen molar-refractivity contribution in [1.29, 1.82) is 0 Å². The van der Waals surface area contributed by atoms with Crippen molar-refractivity contribution in [2.75, 3.05) is 31.7 Å². The predicted molar refractivity (Wildman–Crippen MR) is 125 cm³/mol. The van der Waals surface area contributed by atoms with E-state index >= 15 is 0 Å². The van der Waals surface area contributed by atoms with E-state index in [9.17, 15) is 19.2 Å². The molecule has 2 fully saturated rings. The first-order valence-corrected chi connectivity index (χ1v) is 12.0. The molecule has 0 spiro atoms. The lowest BCUT2D eigenvalue weighted by molar-refractivity contribution is -0.229. The summed E-state index contributed by atoms with van der Waals surface area (Å²) in [6, 6.07) is -0.974. The van der Waals surface area contributed by atoms with Crippen LogP contribution in [0.5, 0.6) is 0 Å². The van der Waals surface area contributed by atoms with Crippen molar-refractivity contribution in [3.8, 4) is 0 Å². The van der Waals surface area contributed by atoms with Gasteiger partial charge in [-0.3, -0.25) is 19.7 Å². The number of rotatable bonds is 9. The zero-order chi connectivity index (χ0) is 26.5. The van der Waals surface area contributed by atoms with Crippen LogP contribution >= 0.6 is 11.3 Å². The van der Waals surface area contributed by atoms with Gasteiger partial charge in [0.1, 0.15) is 37.2 Å². The molecule has 0 bridgehead atoms. The zero-order valence-corrected chi connectivity index (χ0v) is 21.4. The Hall–Kier alpha value is -3.30. The number of ether oxygens (including phenoxy) is 3. The molecule has 15 heteroatoms. The molecule has 2 saturated heterocycles. The number of esters is 1. The van der Waals surface area contributed by atoms with Gasteiger partial charge in [-0.15, -0.1) is 11.3 Å². The molecule has 3 heterocycles. The van der Waals surface area contributed by atoms with Gasteiger partial charge in [-0.1, -0.05) is 19.0 Å². The summed E-state index contributed by atoms with van der Waals surface area (Å²) >= 11 is 1.00. The van der Waals surface area contributed by atoms with Crippen LogP contribution in [0.3, 0.4) is 0 Å². The quantitative estimate of drug-likeness (QED) is 0.236. The van der Waals surface area contributed by atoms with E-state index in [1.54, 1.807) is 20.8 Å². The Morgan fingerprint density at radius 3 is 2.61 bits per heavy atom. The summed E-state index contributed by atoms with van der Waals surface area (Å²) in [5.41, 5.74) is -0.437. The summed E-state index contributed by atoms with van der Waals surface area (Å²) in [5, 5.41) is 10.4. The summed E-state index contributed by atoms with van der Waals surface area (Å²) < 4.78 is 15.6. The minimum atomic E-state index is -1.53. The molecule has 1 aromatic rings. The normalized spacial score (nSPS) is 19.2. The van der Waals surface area contributed by atoms with E-state index in [4.69, 9.17) is 23.9 Å². The Morgan fingerprint density at radius 2 is 2.06 bits per heavy atom. The monoisotopic (exact) mass is 527 g/mol. The van der Waals surface area contributed by atoms with E-state index in [1.165, 1.54) is 5.38 Å². The van der Waals surface area contributed by atoms with Crippen LogP contribution in [-0.2, 0) is 38.3 Å². The molecule has 0 radical (unpaired) electrons. The number of oxime groups is 1.